The lowest BCUT2D eigenvalue weighted by Crippen LogP contribution is -2.08. The molecule has 3 N–H and O–H groups in total. The van der Waals surface area contributed by atoms with Crippen LogP contribution in [0.5, 0.6) is 0 Å². The van der Waals surface area contributed by atoms with Gasteiger partial charge in [-0.25, -0.2) is 0 Å². The Kier molecular flexibility index (Phi) is 3.23. The number of anilines is 2. The Bertz CT molecular complexity index is 622. The van der Waals surface area contributed by atoms with Crippen molar-refractivity contribution in [1.82, 2.24) is 0 Å². The summed E-state index contributed by atoms with van der Waals surface area (Å²) in [6, 6.07) is 13.0. The molecule has 1 aliphatic rings. The van der Waals surface area contributed by atoms with Gasteiger partial charge in [-0.3, -0.25) is 0 Å². The summed E-state index contributed by atoms with van der Waals surface area (Å²) < 4.78 is 1.12. The topological polar surface area (TPSA) is 38.0 Å². The van der Waals surface area contributed by atoms with Crippen LogP contribution in [0.2, 0.25) is 0 Å². The Morgan fingerprint density at radius 1 is 1.21 bits per heavy atom. The van der Waals surface area contributed by atoms with E-state index in [0.717, 1.165) is 23.0 Å². The van der Waals surface area contributed by atoms with Gasteiger partial charge in [-0.15, -0.1) is 0 Å². The Balaban J connectivity index is 1.86. The molecule has 0 bridgehead atoms. The molecule has 0 heterocycles. The molecular formula is C16H17BrN2. The Labute approximate surface area is 122 Å². The minimum absolute atomic E-state index is 0.399. The molecule has 0 fully saturated rings. The highest BCUT2D eigenvalue weighted by molar-refractivity contribution is 9.10. The maximum atomic E-state index is 5.84. The lowest BCUT2D eigenvalue weighted by atomic mass is 10.1. The minimum atomic E-state index is 0.399. The van der Waals surface area contributed by atoms with Crippen LogP contribution in [0, 0.1) is 6.92 Å². The number of benzene rings is 2. The van der Waals surface area contributed by atoms with Crippen molar-refractivity contribution in [1.29, 1.82) is 0 Å². The van der Waals surface area contributed by atoms with Crippen molar-refractivity contribution in [3.8, 4) is 0 Å². The second-order valence-electron chi connectivity index (χ2n) is 5.15. The van der Waals surface area contributed by atoms with E-state index in [1.165, 1.54) is 22.4 Å². The van der Waals surface area contributed by atoms with Gasteiger partial charge in [-0.1, -0.05) is 22.0 Å². The Hall–Kier alpha value is -1.48. The highest BCUT2D eigenvalue weighted by Gasteiger charge is 2.22. The van der Waals surface area contributed by atoms with E-state index in [-0.39, 0.29) is 0 Å². The molecule has 3 heteroatoms. The average Bonchev–Trinajstić information content (AvgIpc) is 2.75. The van der Waals surface area contributed by atoms with Gasteiger partial charge in [0.1, 0.15) is 0 Å². The molecule has 1 atom stereocenters. The van der Waals surface area contributed by atoms with Crippen molar-refractivity contribution in [3.05, 3.63) is 57.6 Å². The van der Waals surface area contributed by atoms with Gasteiger partial charge < -0.3 is 11.1 Å². The SMILES string of the molecule is Cc1cc(Br)ccc1NC1CCc2cc(N)ccc21. The number of hydrogen-bond acceptors (Lipinski definition) is 2. The number of hydrogen-bond donors (Lipinski definition) is 2. The maximum Gasteiger partial charge on any atom is 0.0519 e. The van der Waals surface area contributed by atoms with E-state index >= 15 is 0 Å². The molecule has 3 rings (SSSR count). The number of nitrogens with two attached hydrogens (primary N) is 1. The molecule has 2 aromatic rings. The number of aryl methyl sites for hydroxylation is 2. The van der Waals surface area contributed by atoms with Crippen LogP contribution in [-0.2, 0) is 6.42 Å². The maximum absolute atomic E-state index is 5.84. The van der Waals surface area contributed by atoms with Crippen LogP contribution in [0.1, 0.15) is 29.2 Å². The van der Waals surface area contributed by atoms with Gasteiger partial charge in [0.2, 0.25) is 0 Å². The first-order chi connectivity index (χ1) is 9.13. The lowest BCUT2D eigenvalue weighted by Gasteiger charge is -2.17. The van der Waals surface area contributed by atoms with Crippen molar-refractivity contribution in [2.45, 2.75) is 25.8 Å². The first-order valence-corrected chi connectivity index (χ1v) is 7.34. The fourth-order valence-corrected chi connectivity index (χ4v) is 3.24. The van der Waals surface area contributed by atoms with Gasteiger partial charge in [-0.2, -0.15) is 0 Å². The second-order valence-corrected chi connectivity index (χ2v) is 6.07. The Morgan fingerprint density at radius 3 is 2.84 bits per heavy atom. The highest BCUT2D eigenvalue weighted by Crippen LogP contribution is 2.35. The zero-order valence-electron chi connectivity index (χ0n) is 10.9. The minimum Gasteiger partial charge on any atom is -0.399 e. The summed E-state index contributed by atoms with van der Waals surface area (Å²) in [6.45, 7) is 2.13. The third kappa shape index (κ3) is 2.47. The predicted molar refractivity (Wildman–Crippen MR) is 84.4 cm³/mol. The summed E-state index contributed by atoms with van der Waals surface area (Å²) in [5.74, 6) is 0. The number of nitrogens with one attached hydrogen (secondary N) is 1. The zero-order valence-corrected chi connectivity index (χ0v) is 12.5. The Morgan fingerprint density at radius 2 is 2.05 bits per heavy atom. The van der Waals surface area contributed by atoms with Crippen LogP contribution in [0.25, 0.3) is 0 Å². The summed E-state index contributed by atoms with van der Waals surface area (Å²) in [5.41, 5.74) is 11.9. The summed E-state index contributed by atoms with van der Waals surface area (Å²) in [6.07, 6.45) is 2.24. The molecular weight excluding hydrogens is 300 g/mol. The van der Waals surface area contributed by atoms with E-state index in [1.54, 1.807) is 0 Å². The van der Waals surface area contributed by atoms with E-state index in [9.17, 15) is 0 Å². The summed E-state index contributed by atoms with van der Waals surface area (Å²) in [7, 11) is 0. The summed E-state index contributed by atoms with van der Waals surface area (Å²) in [4.78, 5) is 0. The molecule has 0 saturated carbocycles. The van der Waals surface area contributed by atoms with Gasteiger partial charge in [0.15, 0.2) is 0 Å². The molecule has 0 saturated heterocycles. The molecule has 2 aromatic carbocycles. The quantitative estimate of drug-likeness (QED) is 0.804. The van der Waals surface area contributed by atoms with Gasteiger partial charge in [-0.05, 0) is 66.8 Å². The first-order valence-electron chi connectivity index (χ1n) is 6.54. The highest BCUT2D eigenvalue weighted by atomic mass is 79.9. The van der Waals surface area contributed by atoms with Crippen LogP contribution in [0.4, 0.5) is 11.4 Å². The normalized spacial score (nSPS) is 17.3. The van der Waals surface area contributed by atoms with E-state index in [2.05, 4.69) is 58.5 Å². The molecule has 98 valence electrons. The molecule has 0 aliphatic heterocycles. The van der Waals surface area contributed by atoms with E-state index in [4.69, 9.17) is 5.73 Å². The molecule has 0 spiro atoms. The van der Waals surface area contributed by atoms with Crippen molar-refractivity contribution in [2.75, 3.05) is 11.1 Å². The largest absolute Gasteiger partial charge is 0.399 e. The molecule has 1 aliphatic carbocycles. The average molecular weight is 317 g/mol. The van der Waals surface area contributed by atoms with Gasteiger partial charge in [0.05, 0.1) is 6.04 Å². The molecule has 0 radical (unpaired) electrons. The first kappa shape index (κ1) is 12.5. The third-order valence-corrected chi connectivity index (χ3v) is 4.26. The molecule has 2 nitrogen and oxygen atoms in total. The van der Waals surface area contributed by atoms with E-state index in [1.807, 2.05) is 6.07 Å². The van der Waals surface area contributed by atoms with Crippen LogP contribution in [-0.4, -0.2) is 0 Å². The standard InChI is InChI=1S/C16H17BrN2/c1-10-8-12(17)3-7-15(10)19-16-6-2-11-9-13(18)4-5-14(11)16/h3-5,7-9,16,19H,2,6,18H2,1H3. The second kappa shape index (κ2) is 4.89. The van der Waals surface area contributed by atoms with Crippen molar-refractivity contribution < 1.29 is 0 Å². The van der Waals surface area contributed by atoms with Crippen LogP contribution >= 0.6 is 15.9 Å². The predicted octanol–water partition coefficient (Wildman–Crippen LogP) is 4.44. The van der Waals surface area contributed by atoms with E-state index in [0.29, 0.717) is 6.04 Å². The number of fused-ring (bicyclic) bond motifs is 1. The monoisotopic (exact) mass is 316 g/mol. The van der Waals surface area contributed by atoms with Crippen molar-refractivity contribution >= 4 is 27.3 Å². The molecule has 19 heavy (non-hydrogen) atoms. The summed E-state index contributed by atoms with van der Waals surface area (Å²) >= 11 is 3.50. The van der Waals surface area contributed by atoms with Crippen LogP contribution < -0.4 is 11.1 Å². The van der Waals surface area contributed by atoms with Crippen molar-refractivity contribution in [3.63, 3.8) is 0 Å². The number of rotatable bonds is 2. The van der Waals surface area contributed by atoms with Crippen LogP contribution in [0.15, 0.2) is 40.9 Å². The van der Waals surface area contributed by atoms with Crippen LogP contribution in [0.3, 0.4) is 0 Å². The number of nitrogen functional groups attached to an aromatic ring is 1. The van der Waals surface area contributed by atoms with Crippen molar-refractivity contribution in [2.24, 2.45) is 0 Å². The molecule has 0 amide bonds. The molecule has 0 aromatic heterocycles. The van der Waals surface area contributed by atoms with Gasteiger partial charge in [0, 0.05) is 15.8 Å². The summed E-state index contributed by atoms with van der Waals surface area (Å²) in [5, 5.41) is 3.65. The van der Waals surface area contributed by atoms with Gasteiger partial charge >= 0.3 is 0 Å². The lowest BCUT2D eigenvalue weighted by molar-refractivity contribution is 0.761. The smallest absolute Gasteiger partial charge is 0.0519 e. The fraction of sp³-hybridized carbons (Fsp3) is 0.250. The zero-order chi connectivity index (χ0) is 13.4. The fourth-order valence-electron chi connectivity index (χ4n) is 2.76. The van der Waals surface area contributed by atoms with E-state index < -0.39 is 0 Å². The van der Waals surface area contributed by atoms with Gasteiger partial charge in [0.25, 0.3) is 0 Å². The molecule has 1 unspecified atom stereocenters. The number of halogens is 1. The third-order valence-electron chi connectivity index (χ3n) is 3.76.